The summed E-state index contributed by atoms with van der Waals surface area (Å²) in [5.41, 5.74) is 1.90. The van der Waals surface area contributed by atoms with Crippen molar-refractivity contribution in [2.75, 3.05) is 12.0 Å². The van der Waals surface area contributed by atoms with Gasteiger partial charge >= 0.3 is 0 Å². The molecule has 144 valence electrons. The van der Waals surface area contributed by atoms with E-state index in [1.165, 1.54) is 17.0 Å². The normalized spacial score (nSPS) is 15.0. The Labute approximate surface area is 176 Å². The predicted octanol–water partition coefficient (Wildman–Crippen LogP) is 5.43. The number of methoxy groups -OCH3 is 1. The maximum Gasteiger partial charge on any atom is 0.282 e. The second kappa shape index (κ2) is 8.01. The van der Waals surface area contributed by atoms with Gasteiger partial charge in [0.05, 0.1) is 12.8 Å². The number of benzene rings is 3. The Morgan fingerprint density at radius 1 is 1.00 bits per heavy atom. The predicted molar refractivity (Wildman–Crippen MR) is 116 cm³/mol. The van der Waals surface area contributed by atoms with Crippen LogP contribution in [-0.2, 0) is 4.79 Å². The molecule has 0 radical (unpaired) electrons. The van der Waals surface area contributed by atoms with Crippen molar-refractivity contribution in [3.8, 4) is 5.75 Å². The standard InChI is InChI=1S/C23H16BrFN2O2/c1-29-19-12-10-18(11-13-19)27-22(15-6-8-17(24)9-7-15)26-21(23(27)28)14-16-4-2-3-5-20(16)25/h2-14H,1H3/b21-14-. The van der Waals surface area contributed by atoms with Crippen LogP contribution in [0.2, 0.25) is 0 Å². The smallest absolute Gasteiger partial charge is 0.282 e. The molecule has 0 aliphatic carbocycles. The highest BCUT2D eigenvalue weighted by Gasteiger charge is 2.32. The molecule has 4 rings (SSSR count). The first-order valence-electron chi connectivity index (χ1n) is 8.86. The number of hydrogen-bond acceptors (Lipinski definition) is 3. The summed E-state index contributed by atoms with van der Waals surface area (Å²) in [5, 5.41) is 0. The molecule has 0 bridgehead atoms. The average molecular weight is 451 g/mol. The molecule has 1 amide bonds. The number of rotatable bonds is 4. The minimum absolute atomic E-state index is 0.170. The molecule has 0 atom stereocenters. The summed E-state index contributed by atoms with van der Waals surface area (Å²) in [6.45, 7) is 0. The molecule has 29 heavy (non-hydrogen) atoms. The average Bonchev–Trinajstić information content (AvgIpc) is 3.06. The Kier molecular flexibility index (Phi) is 5.27. The lowest BCUT2D eigenvalue weighted by molar-refractivity contribution is -0.113. The molecule has 6 heteroatoms. The van der Waals surface area contributed by atoms with Crippen LogP contribution in [0.15, 0.2) is 88.0 Å². The number of ether oxygens (including phenoxy) is 1. The molecule has 0 saturated carbocycles. The number of aliphatic imine (C=N–C) groups is 1. The van der Waals surface area contributed by atoms with Gasteiger partial charge in [-0.15, -0.1) is 0 Å². The van der Waals surface area contributed by atoms with Crippen molar-refractivity contribution in [3.05, 3.63) is 99.9 Å². The Morgan fingerprint density at radius 3 is 2.34 bits per heavy atom. The number of hydrogen-bond donors (Lipinski definition) is 0. The van der Waals surface area contributed by atoms with Crippen molar-refractivity contribution in [1.29, 1.82) is 0 Å². The molecular formula is C23H16BrFN2O2. The van der Waals surface area contributed by atoms with Crippen molar-refractivity contribution in [2.24, 2.45) is 4.99 Å². The van der Waals surface area contributed by atoms with Gasteiger partial charge in [0, 0.05) is 15.6 Å². The van der Waals surface area contributed by atoms with Crippen LogP contribution < -0.4 is 9.64 Å². The first kappa shape index (κ1) is 19.1. The largest absolute Gasteiger partial charge is 0.497 e. The number of anilines is 1. The fraction of sp³-hybridized carbons (Fsp3) is 0.0435. The van der Waals surface area contributed by atoms with E-state index in [9.17, 15) is 9.18 Å². The van der Waals surface area contributed by atoms with Crippen LogP contribution in [0.4, 0.5) is 10.1 Å². The molecule has 1 aliphatic heterocycles. The van der Waals surface area contributed by atoms with Gasteiger partial charge in [-0.25, -0.2) is 9.38 Å². The lowest BCUT2D eigenvalue weighted by atomic mass is 10.1. The zero-order chi connectivity index (χ0) is 20.4. The van der Waals surface area contributed by atoms with E-state index in [1.807, 2.05) is 24.3 Å². The fourth-order valence-electron chi connectivity index (χ4n) is 3.02. The van der Waals surface area contributed by atoms with Crippen molar-refractivity contribution in [2.45, 2.75) is 0 Å². The highest BCUT2D eigenvalue weighted by molar-refractivity contribution is 9.10. The summed E-state index contributed by atoms with van der Waals surface area (Å²) in [6, 6.07) is 20.9. The van der Waals surface area contributed by atoms with Crippen LogP contribution in [0.5, 0.6) is 5.75 Å². The van der Waals surface area contributed by atoms with Gasteiger partial charge in [0.2, 0.25) is 0 Å². The second-order valence-electron chi connectivity index (χ2n) is 6.33. The van der Waals surface area contributed by atoms with E-state index in [1.54, 1.807) is 49.6 Å². The van der Waals surface area contributed by atoms with Crippen molar-refractivity contribution in [3.63, 3.8) is 0 Å². The van der Waals surface area contributed by atoms with Gasteiger partial charge in [-0.2, -0.15) is 0 Å². The van der Waals surface area contributed by atoms with Gasteiger partial charge in [0.25, 0.3) is 5.91 Å². The van der Waals surface area contributed by atoms with Gasteiger partial charge in [-0.3, -0.25) is 9.69 Å². The quantitative estimate of drug-likeness (QED) is 0.497. The minimum atomic E-state index is -0.406. The summed E-state index contributed by atoms with van der Waals surface area (Å²) in [5.74, 6) is 0.437. The maximum atomic E-state index is 14.1. The molecule has 1 aliphatic rings. The molecule has 0 saturated heterocycles. The summed E-state index contributed by atoms with van der Waals surface area (Å²) >= 11 is 3.42. The Morgan fingerprint density at radius 2 is 1.69 bits per heavy atom. The number of carbonyl (C=O) groups excluding carboxylic acids is 1. The summed E-state index contributed by atoms with van der Waals surface area (Å²) < 4.78 is 20.2. The van der Waals surface area contributed by atoms with Crippen LogP contribution in [0.3, 0.4) is 0 Å². The van der Waals surface area contributed by atoms with Gasteiger partial charge in [0.15, 0.2) is 0 Å². The minimum Gasteiger partial charge on any atom is -0.497 e. The van der Waals surface area contributed by atoms with E-state index in [2.05, 4.69) is 20.9 Å². The van der Waals surface area contributed by atoms with E-state index in [0.29, 0.717) is 22.8 Å². The highest BCUT2D eigenvalue weighted by Crippen LogP contribution is 2.30. The molecule has 4 nitrogen and oxygen atoms in total. The van der Waals surface area contributed by atoms with Gasteiger partial charge in [0.1, 0.15) is 23.1 Å². The monoisotopic (exact) mass is 450 g/mol. The van der Waals surface area contributed by atoms with Crippen molar-refractivity contribution >= 4 is 39.4 Å². The zero-order valence-electron chi connectivity index (χ0n) is 15.5. The second-order valence-corrected chi connectivity index (χ2v) is 7.25. The summed E-state index contributed by atoms with van der Waals surface area (Å²) in [4.78, 5) is 19.3. The van der Waals surface area contributed by atoms with E-state index in [4.69, 9.17) is 4.74 Å². The number of amides is 1. The molecule has 0 fully saturated rings. The summed E-state index contributed by atoms with van der Waals surface area (Å²) in [7, 11) is 1.58. The molecular weight excluding hydrogens is 435 g/mol. The Balaban J connectivity index is 1.82. The Hall–Kier alpha value is -3.25. The van der Waals surface area contributed by atoms with Gasteiger partial charge in [-0.1, -0.05) is 46.3 Å². The molecule has 0 N–H and O–H groups in total. The first-order valence-corrected chi connectivity index (χ1v) is 9.65. The topological polar surface area (TPSA) is 41.9 Å². The highest BCUT2D eigenvalue weighted by atomic mass is 79.9. The number of halogens is 2. The number of amidine groups is 1. The lowest BCUT2D eigenvalue weighted by Crippen LogP contribution is -2.32. The van der Waals surface area contributed by atoms with Crippen LogP contribution in [0.25, 0.3) is 6.08 Å². The molecule has 0 unspecified atom stereocenters. The van der Waals surface area contributed by atoms with Crippen LogP contribution >= 0.6 is 15.9 Å². The first-order chi connectivity index (χ1) is 14.1. The number of carbonyl (C=O) groups is 1. The number of nitrogens with zero attached hydrogens (tertiary/aromatic N) is 2. The third-order valence-corrected chi connectivity index (χ3v) is 5.02. The molecule has 0 aromatic heterocycles. The van der Waals surface area contributed by atoms with Gasteiger partial charge in [-0.05, 0) is 48.5 Å². The van der Waals surface area contributed by atoms with E-state index in [0.717, 1.165) is 10.0 Å². The van der Waals surface area contributed by atoms with Gasteiger partial charge < -0.3 is 4.74 Å². The zero-order valence-corrected chi connectivity index (χ0v) is 17.1. The third kappa shape index (κ3) is 3.84. The third-order valence-electron chi connectivity index (χ3n) is 4.49. The molecule has 1 heterocycles. The molecule has 3 aromatic carbocycles. The van der Waals surface area contributed by atoms with Crippen LogP contribution in [0.1, 0.15) is 11.1 Å². The van der Waals surface area contributed by atoms with Crippen LogP contribution in [0, 0.1) is 5.82 Å². The maximum absolute atomic E-state index is 14.1. The van der Waals surface area contributed by atoms with Crippen molar-refractivity contribution in [1.82, 2.24) is 0 Å². The Bertz CT molecular complexity index is 1120. The van der Waals surface area contributed by atoms with E-state index < -0.39 is 5.82 Å². The lowest BCUT2D eigenvalue weighted by Gasteiger charge is -2.19. The van der Waals surface area contributed by atoms with Crippen LogP contribution in [-0.4, -0.2) is 18.9 Å². The molecule has 0 spiro atoms. The fourth-order valence-corrected chi connectivity index (χ4v) is 3.28. The van der Waals surface area contributed by atoms with E-state index in [-0.39, 0.29) is 11.6 Å². The molecule has 3 aromatic rings. The van der Waals surface area contributed by atoms with E-state index >= 15 is 0 Å². The van der Waals surface area contributed by atoms with Crippen molar-refractivity contribution < 1.29 is 13.9 Å². The summed E-state index contributed by atoms with van der Waals surface area (Å²) in [6.07, 6.45) is 1.47. The SMILES string of the molecule is COc1ccc(N2C(=O)/C(=C/c3ccccc3F)N=C2c2ccc(Br)cc2)cc1.